The molecule has 2 aromatic heterocycles. The first-order valence-corrected chi connectivity index (χ1v) is 8.87. The van der Waals surface area contributed by atoms with Crippen molar-refractivity contribution in [2.24, 2.45) is 0 Å². The molecule has 0 spiro atoms. The van der Waals surface area contributed by atoms with E-state index < -0.39 is 5.60 Å². The van der Waals surface area contributed by atoms with Crippen molar-refractivity contribution in [2.45, 2.75) is 32.8 Å². The first kappa shape index (κ1) is 19.3. The summed E-state index contributed by atoms with van der Waals surface area (Å²) in [5, 5.41) is 3.20. The van der Waals surface area contributed by atoms with Gasteiger partial charge >= 0.3 is 5.97 Å². The lowest BCUT2D eigenvalue weighted by Crippen LogP contribution is -2.25. The Morgan fingerprint density at radius 1 is 0.964 bits per heavy atom. The minimum atomic E-state index is -0.559. The van der Waals surface area contributed by atoms with E-state index in [-0.39, 0.29) is 18.3 Å². The third kappa shape index (κ3) is 5.77. The van der Waals surface area contributed by atoms with E-state index in [1.807, 2.05) is 51.1 Å². The Labute approximate surface area is 163 Å². The second-order valence-electron chi connectivity index (χ2n) is 7.04. The number of esters is 1. The molecule has 3 rings (SSSR count). The molecule has 0 atom stereocenters. The largest absolute Gasteiger partial charge is 0.460 e. The fourth-order valence-corrected chi connectivity index (χ4v) is 2.38. The number of nitrogens with zero attached hydrogens (tertiary/aromatic N) is 3. The van der Waals surface area contributed by atoms with Crippen molar-refractivity contribution in [3.63, 3.8) is 0 Å². The van der Waals surface area contributed by atoms with E-state index in [9.17, 15) is 4.79 Å². The Morgan fingerprint density at radius 2 is 1.71 bits per heavy atom. The molecule has 0 fully saturated rings. The Morgan fingerprint density at radius 3 is 2.39 bits per heavy atom. The molecule has 3 aromatic rings. The van der Waals surface area contributed by atoms with Gasteiger partial charge in [0.25, 0.3) is 0 Å². The zero-order valence-electron chi connectivity index (χ0n) is 16.0. The van der Waals surface area contributed by atoms with Crippen molar-refractivity contribution < 1.29 is 14.3 Å². The molecule has 7 nitrogen and oxygen atoms in total. The van der Waals surface area contributed by atoms with Crippen molar-refractivity contribution >= 4 is 17.5 Å². The molecule has 0 amide bonds. The first-order valence-electron chi connectivity index (χ1n) is 8.87. The summed E-state index contributed by atoms with van der Waals surface area (Å²) < 4.78 is 11.2. The van der Waals surface area contributed by atoms with Crippen molar-refractivity contribution in [3.8, 4) is 11.6 Å². The van der Waals surface area contributed by atoms with Crippen molar-refractivity contribution in [1.82, 2.24) is 15.0 Å². The maximum Gasteiger partial charge on any atom is 0.312 e. The van der Waals surface area contributed by atoms with Crippen LogP contribution in [0.2, 0.25) is 0 Å². The van der Waals surface area contributed by atoms with Gasteiger partial charge in [0.2, 0.25) is 5.88 Å². The van der Waals surface area contributed by atoms with Gasteiger partial charge in [-0.3, -0.25) is 9.78 Å². The molecule has 1 N–H and O–H groups in total. The summed E-state index contributed by atoms with van der Waals surface area (Å²) in [6, 6.07) is 13.0. The zero-order valence-corrected chi connectivity index (χ0v) is 16.0. The number of hydrogen-bond donors (Lipinski definition) is 1. The van der Waals surface area contributed by atoms with Gasteiger partial charge in [-0.15, -0.1) is 0 Å². The second-order valence-corrected chi connectivity index (χ2v) is 7.04. The molecule has 0 radical (unpaired) electrons. The molecule has 0 unspecified atom stereocenters. The molecule has 1 aromatic carbocycles. The molecular weight excluding hydrogens is 356 g/mol. The predicted molar refractivity (Wildman–Crippen MR) is 106 cm³/mol. The highest BCUT2D eigenvalue weighted by Crippen LogP contribution is 2.25. The SMILES string of the molecule is CC(C)(C)OC(=O)Cc1nccnc1Oc1ccc(Nc2ccccn2)cc1. The number of hydrogen-bond acceptors (Lipinski definition) is 7. The number of rotatable bonds is 6. The quantitative estimate of drug-likeness (QED) is 0.640. The van der Waals surface area contributed by atoms with Crippen LogP contribution in [0.3, 0.4) is 0 Å². The molecule has 28 heavy (non-hydrogen) atoms. The summed E-state index contributed by atoms with van der Waals surface area (Å²) in [6.45, 7) is 5.46. The Balaban J connectivity index is 1.67. The highest BCUT2D eigenvalue weighted by Gasteiger charge is 2.19. The number of carbonyl (C=O) groups is 1. The van der Waals surface area contributed by atoms with Crippen molar-refractivity contribution in [3.05, 3.63) is 66.7 Å². The van der Waals surface area contributed by atoms with Crippen LogP contribution in [0, 0.1) is 0 Å². The average Bonchev–Trinajstić information content (AvgIpc) is 2.64. The van der Waals surface area contributed by atoms with Gasteiger partial charge in [0, 0.05) is 24.3 Å². The molecule has 144 valence electrons. The van der Waals surface area contributed by atoms with Crippen LogP contribution in [0.25, 0.3) is 0 Å². The first-order chi connectivity index (χ1) is 13.4. The summed E-state index contributed by atoms with van der Waals surface area (Å²) in [5.74, 6) is 1.23. The van der Waals surface area contributed by atoms with Crippen LogP contribution in [-0.2, 0) is 16.0 Å². The Bertz CT molecular complexity index is 922. The second kappa shape index (κ2) is 8.47. The van der Waals surface area contributed by atoms with Gasteiger partial charge in [-0.2, -0.15) is 0 Å². The van der Waals surface area contributed by atoms with E-state index in [1.165, 1.54) is 12.4 Å². The molecule has 0 aliphatic heterocycles. The Kier molecular flexibility index (Phi) is 5.84. The molecule has 7 heteroatoms. The van der Waals surface area contributed by atoms with Gasteiger partial charge in [-0.05, 0) is 57.2 Å². The number of carbonyl (C=O) groups excluding carboxylic acids is 1. The average molecular weight is 378 g/mol. The lowest BCUT2D eigenvalue weighted by molar-refractivity contribution is -0.154. The lowest BCUT2D eigenvalue weighted by atomic mass is 10.2. The van der Waals surface area contributed by atoms with Crippen LogP contribution >= 0.6 is 0 Å². The molecule has 0 saturated carbocycles. The summed E-state index contributed by atoms with van der Waals surface area (Å²) in [6.07, 6.45) is 4.75. The predicted octanol–water partition coefficient (Wildman–Crippen LogP) is 4.29. The molecule has 0 bridgehead atoms. The summed E-state index contributed by atoms with van der Waals surface area (Å²) in [7, 11) is 0. The van der Waals surface area contributed by atoms with Crippen LogP contribution in [0.4, 0.5) is 11.5 Å². The number of pyridine rings is 1. The van der Waals surface area contributed by atoms with Crippen molar-refractivity contribution in [1.29, 1.82) is 0 Å². The molecule has 0 aliphatic rings. The fraction of sp³-hybridized carbons (Fsp3) is 0.238. The zero-order chi connectivity index (χ0) is 20.0. The third-order valence-electron chi connectivity index (χ3n) is 3.47. The van der Waals surface area contributed by atoms with Crippen LogP contribution in [0.15, 0.2) is 61.1 Å². The monoisotopic (exact) mass is 378 g/mol. The van der Waals surface area contributed by atoms with E-state index >= 15 is 0 Å². The smallest absolute Gasteiger partial charge is 0.312 e. The van der Waals surface area contributed by atoms with E-state index in [2.05, 4.69) is 20.3 Å². The minimum absolute atomic E-state index is 0.0141. The van der Waals surface area contributed by atoms with Gasteiger partial charge in [0.15, 0.2) is 0 Å². The van der Waals surface area contributed by atoms with E-state index in [4.69, 9.17) is 9.47 Å². The minimum Gasteiger partial charge on any atom is -0.460 e. The third-order valence-corrected chi connectivity index (χ3v) is 3.47. The summed E-state index contributed by atoms with van der Waals surface area (Å²) in [5.41, 5.74) is 0.739. The van der Waals surface area contributed by atoms with Crippen LogP contribution < -0.4 is 10.1 Å². The molecular formula is C21H22N4O3. The van der Waals surface area contributed by atoms with Crippen LogP contribution in [-0.4, -0.2) is 26.5 Å². The number of aromatic nitrogens is 3. The number of benzene rings is 1. The van der Waals surface area contributed by atoms with Crippen molar-refractivity contribution in [2.75, 3.05) is 5.32 Å². The fourth-order valence-electron chi connectivity index (χ4n) is 2.38. The number of anilines is 2. The lowest BCUT2D eigenvalue weighted by Gasteiger charge is -2.19. The van der Waals surface area contributed by atoms with Gasteiger partial charge in [-0.25, -0.2) is 9.97 Å². The van der Waals surface area contributed by atoms with E-state index in [0.29, 0.717) is 11.4 Å². The summed E-state index contributed by atoms with van der Waals surface area (Å²) >= 11 is 0. The van der Waals surface area contributed by atoms with Gasteiger partial charge < -0.3 is 14.8 Å². The van der Waals surface area contributed by atoms with Gasteiger partial charge in [0.1, 0.15) is 22.9 Å². The molecule has 0 aliphatic carbocycles. The molecule has 0 saturated heterocycles. The number of nitrogens with one attached hydrogen (secondary N) is 1. The normalized spacial score (nSPS) is 11.0. The Hall–Kier alpha value is -3.48. The van der Waals surface area contributed by atoms with Crippen LogP contribution in [0.1, 0.15) is 26.5 Å². The molecule has 2 heterocycles. The highest BCUT2D eigenvalue weighted by atomic mass is 16.6. The van der Waals surface area contributed by atoms with E-state index in [1.54, 1.807) is 18.3 Å². The maximum atomic E-state index is 12.1. The topological polar surface area (TPSA) is 86.2 Å². The maximum absolute atomic E-state index is 12.1. The van der Waals surface area contributed by atoms with Gasteiger partial charge in [-0.1, -0.05) is 6.07 Å². The number of ether oxygens (including phenoxy) is 2. The standard InChI is InChI=1S/C21H22N4O3/c1-21(2,3)28-19(26)14-17-20(24-13-12-22-17)27-16-9-7-15(8-10-16)25-18-6-4-5-11-23-18/h4-13H,14H2,1-3H3,(H,23,25). The highest BCUT2D eigenvalue weighted by molar-refractivity contribution is 5.73. The van der Waals surface area contributed by atoms with Gasteiger partial charge in [0.05, 0.1) is 6.42 Å². The van der Waals surface area contributed by atoms with Crippen LogP contribution in [0.5, 0.6) is 11.6 Å². The summed E-state index contributed by atoms with van der Waals surface area (Å²) in [4.78, 5) is 24.7. The van der Waals surface area contributed by atoms with E-state index in [0.717, 1.165) is 11.5 Å².